The van der Waals surface area contributed by atoms with Gasteiger partial charge in [0.1, 0.15) is 6.54 Å². The lowest BCUT2D eigenvalue weighted by atomic mass is 10.2. The molecule has 0 saturated heterocycles. The van der Waals surface area contributed by atoms with Crippen LogP contribution in [0.5, 0.6) is 0 Å². The minimum Gasteiger partial charge on any atom is -0.383 e. The van der Waals surface area contributed by atoms with E-state index in [0.29, 0.717) is 18.2 Å². The molecule has 2 heterocycles. The van der Waals surface area contributed by atoms with E-state index in [9.17, 15) is 14.4 Å². The third kappa shape index (κ3) is 5.11. The number of ether oxygens (including phenoxy) is 1. The number of aromatic nitrogens is 4. The number of amides is 1. The summed E-state index contributed by atoms with van der Waals surface area (Å²) in [7, 11) is 1.56. The number of methoxy groups -OCH3 is 1. The Balaban J connectivity index is 1.69. The fraction of sp³-hybridized carbons (Fsp3) is 0.250. The Bertz CT molecular complexity index is 1410. The SMILES string of the molecule is COCCn1cnc2c1c(=O)n(CC(=O)NCc1ccc(Cl)cc1)c(=O)n2Cc1ccccc1. The van der Waals surface area contributed by atoms with Crippen LogP contribution in [0.1, 0.15) is 11.1 Å². The van der Waals surface area contributed by atoms with E-state index in [-0.39, 0.29) is 24.3 Å². The van der Waals surface area contributed by atoms with Crippen LogP contribution in [0.4, 0.5) is 0 Å². The molecule has 34 heavy (non-hydrogen) atoms. The van der Waals surface area contributed by atoms with Crippen LogP contribution in [0.15, 0.2) is 70.5 Å². The maximum absolute atomic E-state index is 13.3. The summed E-state index contributed by atoms with van der Waals surface area (Å²) in [4.78, 5) is 43.6. The largest absolute Gasteiger partial charge is 0.383 e. The number of carbonyl (C=O) groups excluding carboxylic acids is 1. The van der Waals surface area contributed by atoms with Gasteiger partial charge in [-0.3, -0.25) is 14.2 Å². The number of halogens is 1. The van der Waals surface area contributed by atoms with Gasteiger partial charge in [0.05, 0.1) is 19.5 Å². The monoisotopic (exact) mass is 481 g/mol. The summed E-state index contributed by atoms with van der Waals surface area (Å²) in [5.41, 5.74) is 1.07. The van der Waals surface area contributed by atoms with Gasteiger partial charge in [-0.25, -0.2) is 14.3 Å². The van der Waals surface area contributed by atoms with Crippen molar-refractivity contribution in [1.82, 2.24) is 24.0 Å². The first-order valence-electron chi connectivity index (χ1n) is 10.7. The number of benzene rings is 2. The van der Waals surface area contributed by atoms with Gasteiger partial charge in [0.15, 0.2) is 11.2 Å². The van der Waals surface area contributed by atoms with E-state index in [2.05, 4.69) is 10.3 Å². The highest BCUT2D eigenvalue weighted by atomic mass is 35.5. The molecule has 0 aliphatic carbocycles. The van der Waals surface area contributed by atoms with Crippen molar-refractivity contribution in [1.29, 1.82) is 0 Å². The molecule has 0 aliphatic heterocycles. The molecule has 9 nitrogen and oxygen atoms in total. The Hall–Kier alpha value is -3.69. The van der Waals surface area contributed by atoms with E-state index in [4.69, 9.17) is 16.3 Å². The summed E-state index contributed by atoms with van der Waals surface area (Å²) >= 11 is 5.89. The predicted octanol–water partition coefficient (Wildman–Crippen LogP) is 2.02. The van der Waals surface area contributed by atoms with Gasteiger partial charge in [-0.05, 0) is 23.3 Å². The van der Waals surface area contributed by atoms with Crippen molar-refractivity contribution in [3.05, 3.63) is 97.9 Å². The highest BCUT2D eigenvalue weighted by Crippen LogP contribution is 2.11. The number of hydrogen-bond donors (Lipinski definition) is 1. The van der Waals surface area contributed by atoms with Crippen molar-refractivity contribution in [3.8, 4) is 0 Å². The van der Waals surface area contributed by atoms with Crippen molar-refractivity contribution in [2.24, 2.45) is 0 Å². The zero-order valence-electron chi connectivity index (χ0n) is 18.6. The third-order valence-corrected chi connectivity index (χ3v) is 5.66. The number of nitrogens with zero attached hydrogens (tertiary/aromatic N) is 4. The van der Waals surface area contributed by atoms with E-state index >= 15 is 0 Å². The molecular weight excluding hydrogens is 458 g/mol. The normalized spacial score (nSPS) is 11.1. The lowest BCUT2D eigenvalue weighted by Gasteiger charge is -2.13. The molecule has 176 valence electrons. The summed E-state index contributed by atoms with van der Waals surface area (Å²) < 4.78 is 9.14. The van der Waals surface area contributed by atoms with Gasteiger partial charge < -0.3 is 14.6 Å². The minimum atomic E-state index is -0.597. The smallest absolute Gasteiger partial charge is 0.333 e. The lowest BCUT2D eigenvalue weighted by Crippen LogP contribution is -2.44. The number of fused-ring (bicyclic) bond motifs is 1. The summed E-state index contributed by atoms with van der Waals surface area (Å²) in [6.45, 7) is 0.797. The molecule has 0 unspecified atom stereocenters. The summed E-state index contributed by atoms with van der Waals surface area (Å²) in [6, 6.07) is 16.4. The number of carbonyl (C=O) groups is 1. The molecule has 1 amide bonds. The zero-order chi connectivity index (χ0) is 24.1. The molecule has 0 fully saturated rings. The maximum Gasteiger partial charge on any atom is 0.333 e. The van der Waals surface area contributed by atoms with Gasteiger partial charge in [0, 0.05) is 25.2 Å². The van der Waals surface area contributed by atoms with Crippen LogP contribution in [0.2, 0.25) is 5.02 Å². The summed E-state index contributed by atoms with van der Waals surface area (Å²) in [5.74, 6) is -0.456. The van der Waals surface area contributed by atoms with Gasteiger partial charge >= 0.3 is 5.69 Å². The molecule has 2 aromatic heterocycles. The Labute approximate surface area is 200 Å². The lowest BCUT2D eigenvalue weighted by molar-refractivity contribution is -0.121. The quantitative estimate of drug-likeness (QED) is 0.394. The van der Waals surface area contributed by atoms with Gasteiger partial charge in [-0.2, -0.15) is 0 Å². The molecule has 0 atom stereocenters. The molecule has 0 radical (unpaired) electrons. The maximum atomic E-state index is 13.3. The molecule has 4 aromatic rings. The van der Waals surface area contributed by atoms with E-state index < -0.39 is 23.7 Å². The first-order chi connectivity index (χ1) is 16.5. The third-order valence-electron chi connectivity index (χ3n) is 5.41. The predicted molar refractivity (Wildman–Crippen MR) is 129 cm³/mol. The first-order valence-corrected chi connectivity index (χ1v) is 11.1. The molecular formula is C24H24ClN5O4. The van der Waals surface area contributed by atoms with Crippen molar-refractivity contribution >= 4 is 28.7 Å². The Morgan fingerprint density at radius 3 is 2.47 bits per heavy atom. The van der Waals surface area contributed by atoms with Gasteiger partial charge in [0.25, 0.3) is 5.56 Å². The van der Waals surface area contributed by atoms with Crippen molar-refractivity contribution < 1.29 is 9.53 Å². The van der Waals surface area contributed by atoms with Crippen molar-refractivity contribution in [3.63, 3.8) is 0 Å². The molecule has 1 N–H and O–H groups in total. The van der Waals surface area contributed by atoms with Gasteiger partial charge in [0.2, 0.25) is 5.91 Å². The van der Waals surface area contributed by atoms with Crippen LogP contribution >= 0.6 is 11.6 Å². The van der Waals surface area contributed by atoms with Crippen molar-refractivity contribution in [2.45, 2.75) is 26.2 Å². The number of imidazole rings is 1. The fourth-order valence-corrected chi connectivity index (χ4v) is 3.77. The second-order valence-corrected chi connectivity index (χ2v) is 8.19. The fourth-order valence-electron chi connectivity index (χ4n) is 3.65. The molecule has 0 bridgehead atoms. The standard InChI is InChI=1S/C24H24ClN5O4/c1-34-12-11-28-16-27-22-21(28)23(32)30(24(33)29(22)14-18-5-3-2-4-6-18)15-20(31)26-13-17-7-9-19(25)10-8-17/h2-10,16H,11-15H2,1H3,(H,26,31). The topological polar surface area (TPSA) is 100 Å². The average molecular weight is 482 g/mol. The average Bonchev–Trinajstić information content (AvgIpc) is 3.27. The Morgan fingerprint density at radius 2 is 1.76 bits per heavy atom. The van der Waals surface area contributed by atoms with E-state index in [1.54, 1.807) is 35.9 Å². The summed E-state index contributed by atoms with van der Waals surface area (Å²) in [5, 5.41) is 3.35. The summed E-state index contributed by atoms with van der Waals surface area (Å²) in [6.07, 6.45) is 1.51. The first kappa shape index (κ1) is 23.5. The van der Waals surface area contributed by atoms with Crippen LogP contribution in [0.3, 0.4) is 0 Å². The number of nitrogens with one attached hydrogen (secondary N) is 1. The van der Waals surface area contributed by atoms with Crippen LogP contribution in [0, 0.1) is 0 Å². The second-order valence-electron chi connectivity index (χ2n) is 7.75. The molecule has 4 rings (SSSR count). The minimum absolute atomic E-state index is 0.212. The number of hydrogen-bond acceptors (Lipinski definition) is 5. The highest BCUT2D eigenvalue weighted by molar-refractivity contribution is 6.30. The second kappa shape index (κ2) is 10.5. The van der Waals surface area contributed by atoms with Crippen LogP contribution in [-0.4, -0.2) is 38.3 Å². The molecule has 0 saturated carbocycles. The molecule has 0 aliphatic rings. The van der Waals surface area contributed by atoms with Crippen LogP contribution in [-0.2, 0) is 35.7 Å². The molecule has 10 heteroatoms. The molecule has 0 spiro atoms. The zero-order valence-corrected chi connectivity index (χ0v) is 19.4. The van der Waals surface area contributed by atoms with Gasteiger partial charge in [-0.15, -0.1) is 0 Å². The molecule has 2 aromatic carbocycles. The van der Waals surface area contributed by atoms with Crippen LogP contribution < -0.4 is 16.6 Å². The Morgan fingerprint density at radius 1 is 1.03 bits per heavy atom. The van der Waals surface area contributed by atoms with E-state index in [1.165, 1.54) is 10.9 Å². The highest BCUT2D eigenvalue weighted by Gasteiger charge is 2.20. The number of rotatable bonds is 9. The van der Waals surface area contributed by atoms with Gasteiger partial charge in [-0.1, -0.05) is 54.1 Å². The Kier molecular flexibility index (Phi) is 7.24. The van der Waals surface area contributed by atoms with E-state index in [0.717, 1.165) is 15.7 Å². The van der Waals surface area contributed by atoms with E-state index in [1.807, 2.05) is 30.3 Å². The van der Waals surface area contributed by atoms with Crippen molar-refractivity contribution in [2.75, 3.05) is 13.7 Å². The van der Waals surface area contributed by atoms with Crippen LogP contribution in [0.25, 0.3) is 11.2 Å².